The van der Waals surface area contributed by atoms with Gasteiger partial charge in [0.05, 0.1) is 15.7 Å². The van der Waals surface area contributed by atoms with Gasteiger partial charge in [0.2, 0.25) is 5.88 Å². The number of rotatable bonds is 4. The van der Waals surface area contributed by atoms with Gasteiger partial charge in [0.1, 0.15) is 5.69 Å². The Morgan fingerprint density at radius 2 is 1.71 bits per heavy atom. The number of hydrogen-bond donors (Lipinski definition) is 1. The molecule has 0 spiro atoms. The molecular formula is C17H14Cl3N5O3. The van der Waals surface area contributed by atoms with Crippen molar-refractivity contribution in [3.05, 3.63) is 65.5 Å². The molecule has 0 fully saturated rings. The van der Waals surface area contributed by atoms with E-state index in [1.54, 1.807) is 6.07 Å². The molecule has 2 heterocycles. The number of aromatic amines is 1. The second-order valence-electron chi connectivity index (χ2n) is 6.18. The monoisotopic (exact) mass is 441 g/mol. The Kier molecular flexibility index (Phi) is 5.74. The average molecular weight is 443 g/mol. The van der Waals surface area contributed by atoms with E-state index in [1.165, 1.54) is 19.1 Å². The van der Waals surface area contributed by atoms with E-state index >= 15 is 0 Å². The lowest BCUT2D eigenvalue weighted by atomic mass is 10.1. The Labute approximate surface area is 174 Å². The average Bonchev–Trinajstić information content (AvgIpc) is 2.62. The number of hydrogen-bond acceptors (Lipinski definition) is 6. The van der Waals surface area contributed by atoms with Crippen LogP contribution in [0.5, 0.6) is 11.6 Å². The number of aryl methyl sites for hydroxylation is 1. The van der Waals surface area contributed by atoms with Crippen molar-refractivity contribution in [1.29, 1.82) is 0 Å². The van der Waals surface area contributed by atoms with Crippen LogP contribution in [0.1, 0.15) is 31.0 Å². The number of benzene rings is 1. The molecule has 0 bridgehead atoms. The normalized spacial score (nSPS) is 11.1. The summed E-state index contributed by atoms with van der Waals surface area (Å²) >= 11 is 18.6. The zero-order valence-corrected chi connectivity index (χ0v) is 17.2. The van der Waals surface area contributed by atoms with Crippen molar-refractivity contribution in [2.45, 2.75) is 26.7 Å². The molecule has 0 saturated carbocycles. The van der Waals surface area contributed by atoms with E-state index in [1.807, 2.05) is 13.8 Å². The first kappa shape index (κ1) is 20.3. The van der Waals surface area contributed by atoms with E-state index in [4.69, 9.17) is 39.5 Å². The molecule has 146 valence electrons. The molecule has 1 N–H and O–H groups in total. The molecule has 0 aliphatic rings. The van der Waals surface area contributed by atoms with Gasteiger partial charge in [-0.1, -0.05) is 48.7 Å². The highest BCUT2D eigenvalue weighted by Crippen LogP contribution is 2.38. The third kappa shape index (κ3) is 4.04. The SMILES string of the molecule is Cc1nn(-c2cc(Cl)c(Oc3cc(C(C)C)c(Cl)nn3)c(Cl)c2)c(=O)[nH]c1=O. The summed E-state index contributed by atoms with van der Waals surface area (Å²) in [7, 11) is 0. The Hall–Kier alpha value is -2.42. The van der Waals surface area contributed by atoms with E-state index < -0.39 is 11.2 Å². The Bertz CT molecular complexity index is 1150. The van der Waals surface area contributed by atoms with Crippen molar-refractivity contribution in [3.8, 4) is 17.3 Å². The lowest BCUT2D eigenvalue weighted by Crippen LogP contribution is -2.32. The highest BCUT2D eigenvalue weighted by molar-refractivity contribution is 6.37. The number of halogens is 3. The summed E-state index contributed by atoms with van der Waals surface area (Å²) in [6.45, 7) is 5.39. The molecule has 0 aliphatic heterocycles. The molecule has 0 saturated heterocycles. The number of nitrogens with zero attached hydrogens (tertiary/aromatic N) is 4. The van der Waals surface area contributed by atoms with Gasteiger partial charge in [0, 0.05) is 6.07 Å². The molecule has 0 atom stereocenters. The van der Waals surface area contributed by atoms with Gasteiger partial charge in [0.25, 0.3) is 5.56 Å². The number of ether oxygens (including phenoxy) is 1. The summed E-state index contributed by atoms with van der Waals surface area (Å²) in [5.41, 5.74) is -0.154. The standard InChI is InChI=1S/C17H14Cl3N5O3/c1-7(2)10-6-13(22-23-15(10)20)28-14-11(18)4-9(5-12(14)19)25-17(27)21-16(26)8(3)24-25/h4-7H,1-3H3,(H,21,26,27). The first-order valence-electron chi connectivity index (χ1n) is 8.08. The molecule has 3 aromatic rings. The second kappa shape index (κ2) is 7.90. The van der Waals surface area contributed by atoms with Crippen molar-refractivity contribution >= 4 is 34.8 Å². The Morgan fingerprint density at radius 1 is 1.07 bits per heavy atom. The van der Waals surface area contributed by atoms with Crippen molar-refractivity contribution in [2.75, 3.05) is 0 Å². The molecular weight excluding hydrogens is 429 g/mol. The van der Waals surface area contributed by atoms with Gasteiger partial charge in [-0.05, 0) is 30.5 Å². The van der Waals surface area contributed by atoms with E-state index in [2.05, 4.69) is 20.3 Å². The lowest BCUT2D eigenvalue weighted by molar-refractivity contribution is 0.454. The van der Waals surface area contributed by atoms with Crippen LogP contribution in [0.4, 0.5) is 0 Å². The molecule has 11 heteroatoms. The summed E-state index contributed by atoms with van der Waals surface area (Å²) in [5.74, 6) is 0.410. The van der Waals surface area contributed by atoms with Gasteiger partial charge in [0.15, 0.2) is 10.9 Å². The summed E-state index contributed by atoms with van der Waals surface area (Å²) in [4.78, 5) is 25.7. The van der Waals surface area contributed by atoms with Crippen LogP contribution in [0.15, 0.2) is 27.8 Å². The topological polar surface area (TPSA) is 103 Å². The largest absolute Gasteiger partial charge is 0.434 e. The smallest absolute Gasteiger partial charge is 0.349 e. The lowest BCUT2D eigenvalue weighted by Gasteiger charge is -2.13. The van der Waals surface area contributed by atoms with Crippen LogP contribution in [0.25, 0.3) is 5.69 Å². The number of aromatic nitrogens is 5. The van der Waals surface area contributed by atoms with E-state index in [-0.39, 0.29) is 44.1 Å². The van der Waals surface area contributed by atoms with Crippen LogP contribution < -0.4 is 16.0 Å². The molecule has 8 nitrogen and oxygen atoms in total. The Morgan fingerprint density at radius 3 is 2.32 bits per heavy atom. The van der Waals surface area contributed by atoms with Crippen molar-refractivity contribution in [1.82, 2.24) is 25.0 Å². The minimum Gasteiger partial charge on any atom is -0.434 e. The molecule has 3 rings (SSSR count). The quantitative estimate of drug-likeness (QED) is 0.657. The first-order valence-corrected chi connectivity index (χ1v) is 9.21. The van der Waals surface area contributed by atoms with E-state index in [0.717, 1.165) is 10.2 Å². The third-order valence-electron chi connectivity index (χ3n) is 3.80. The summed E-state index contributed by atoms with van der Waals surface area (Å²) in [5, 5.41) is 12.2. The summed E-state index contributed by atoms with van der Waals surface area (Å²) < 4.78 is 6.67. The molecule has 0 aliphatic carbocycles. The fraction of sp³-hybridized carbons (Fsp3) is 0.235. The minimum atomic E-state index is -0.721. The Balaban J connectivity index is 2.02. The van der Waals surface area contributed by atoms with Gasteiger partial charge in [-0.15, -0.1) is 10.2 Å². The maximum Gasteiger partial charge on any atom is 0.349 e. The van der Waals surface area contributed by atoms with Gasteiger partial charge < -0.3 is 4.74 Å². The summed E-state index contributed by atoms with van der Waals surface area (Å²) in [6.07, 6.45) is 0. The maximum atomic E-state index is 12.0. The van der Waals surface area contributed by atoms with Crippen LogP contribution in [-0.4, -0.2) is 25.0 Å². The predicted octanol–water partition coefficient (Wildman–Crippen LogP) is 3.90. The van der Waals surface area contributed by atoms with Crippen molar-refractivity contribution in [2.24, 2.45) is 0 Å². The van der Waals surface area contributed by atoms with Crippen LogP contribution in [0.3, 0.4) is 0 Å². The predicted molar refractivity (Wildman–Crippen MR) is 106 cm³/mol. The number of nitrogens with one attached hydrogen (secondary N) is 1. The third-order valence-corrected chi connectivity index (χ3v) is 4.66. The van der Waals surface area contributed by atoms with Gasteiger partial charge in [-0.2, -0.15) is 9.78 Å². The fourth-order valence-corrected chi connectivity index (χ4v) is 3.22. The molecule has 28 heavy (non-hydrogen) atoms. The molecule has 2 aromatic heterocycles. The van der Waals surface area contributed by atoms with Crippen LogP contribution in [-0.2, 0) is 0 Å². The zero-order chi connectivity index (χ0) is 20.6. The van der Waals surface area contributed by atoms with Gasteiger partial charge in [-0.25, -0.2) is 4.79 Å². The molecule has 0 unspecified atom stereocenters. The van der Waals surface area contributed by atoms with Gasteiger partial charge >= 0.3 is 5.69 Å². The van der Waals surface area contributed by atoms with Crippen LogP contribution in [0, 0.1) is 6.92 Å². The van der Waals surface area contributed by atoms with E-state index in [0.29, 0.717) is 0 Å². The van der Waals surface area contributed by atoms with E-state index in [9.17, 15) is 9.59 Å². The van der Waals surface area contributed by atoms with Crippen molar-refractivity contribution in [3.63, 3.8) is 0 Å². The fourth-order valence-electron chi connectivity index (χ4n) is 2.35. The first-order chi connectivity index (χ1) is 13.2. The number of H-pyrrole nitrogens is 1. The highest BCUT2D eigenvalue weighted by atomic mass is 35.5. The highest BCUT2D eigenvalue weighted by Gasteiger charge is 2.16. The maximum absolute atomic E-state index is 12.0. The molecule has 0 radical (unpaired) electrons. The second-order valence-corrected chi connectivity index (χ2v) is 7.35. The van der Waals surface area contributed by atoms with Crippen molar-refractivity contribution < 1.29 is 4.74 Å². The van der Waals surface area contributed by atoms with Gasteiger partial charge in [-0.3, -0.25) is 9.78 Å². The van der Waals surface area contributed by atoms with Crippen LogP contribution >= 0.6 is 34.8 Å². The summed E-state index contributed by atoms with van der Waals surface area (Å²) in [6, 6.07) is 4.52. The molecule has 0 amide bonds. The molecule has 1 aromatic carbocycles. The van der Waals surface area contributed by atoms with Crippen LogP contribution in [0.2, 0.25) is 15.2 Å². The minimum absolute atomic E-state index is 0.111. The zero-order valence-electron chi connectivity index (χ0n) is 15.0.